The van der Waals surface area contributed by atoms with Gasteiger partial charge in [-0.2, -0.15) is 0 Å². The Morgan fingerprint density at radius 2 is 1.86 bits per heavy atom. The minimum atomic E-state index is 1.11. The molecule has 0 amide bonds. The smallest absolute Gasteiger partial charge is 0.0406 e. The average molecular weight is 189 g/mol. The first-order chi connectivity index (χ1) is 6.79. The first kappa shape index (κ1) is 10.8. The molecule has 2 aliphatic rings. The van der Waals surface area contributed by atoms with E-state index in [0.29, 0.717) is 0 Å². The summed E-state index contributed by atoms with van der Waals surface area (Å²) in [5, 5.41) is 0. The number of likely N-dealkylation sites (N-methyl/N-ethyl adjacent to an activating group) is 1. The highest BCUT2D eigenvalue weighted by molar-refractivity contribution is 5.54. The summed E-state index contributed by atoms with van der Waals surface area (Å²) in [7, 11) is 2.03. The van der Waals surface area contributed by atoms with Crippen LogP contribution in [0.5, 0.6) is 0 Å². The molecular formula is C13H19N. The van der Waals surface area contributed by atoms with Gasteiger partial charge in [0.15, 0.2) is 0 Å². The molecule has 0 fully saturated rings. The monoisotopic (exact) mass is 189 g/mol. The van der Waals surface area contributed by atoms with Crippen LogP contribution in [0.15, 0.2) is 47.9 Å². The van der Waals surface area contributed by atoms with Crippen LogP contribution in [0.25, 0.3) is 0 Å². The van der Waals surface area contributed by atoms with E-state index in [0.717, 1.165) is 12.1 Å². The average Bonchev–Trinajstić information content (AvgIpc) is 2.27. The number of nitrogens with zero attached hydrogens (tertiary/aromatic N) is 1. The van der Waals surface area contributed by atoms with Crippen molar-refractivity contribution in [2.45, 2.75) is 26.7 Å². The van der Waals surface area contributed by atoms with E-state index < -0.39 is 0 Å². The van der Waals surface area contributed by atoms with Crippen LogP contribution in [-0.4, -0.2) is 11.9 Å². The van der Waals surface area contributed by atoms with E-state index in [9.17, 15) is 0 Å². The third-order valence-electron chi connectivity index (χ3n) is 2.40. The van der Waals surface area contributed by atoms with Crippen molar-refractivity contribution in [2.24, 2.45) is 0 Å². The van der Waals surface area contributed by atoms with Gasteiger partial charge in [-0.25, -0.2) is 0 Å². The molecule has 0 aromatic heterocycles. The Hall–Kier alpha value is -1.24. The van der Waals surface area contributed by atoms with Crippen LogP contribution >= 0.6 is 0 Å². The Labute approximate surface area is 87.1 Å². The quantitative estimate of drug-likeness (QED) is 0.562. The van der Waals surface area contributed by atoms with Gasteiger partial charge >= 0.3 is 0 Å². The lowest BCUT2D eigenvalue weighted by atomic mass is 9.93. The summed E-state index contributed by atoms with van der Waals surface area (Å²) in [5.74, 6) is 0. The van der Waals surface area contributed by atoms with Crippen LogP contribution < -0.4 is 0 Å². The van der Waals surface area contributed by atoms with Crippen LogP contribution in [-0.2, 0) is 0 Å². The predicted octanol–water partition coefficient (Wildman–Crippen LogP) is 3.63. The Balaban J connectivity index is 0.000000461. The molecule has 0 bridgehead atoms. The van der Waals surface area contributed by atoms with Gasteiger partial charge in [0.2, 0.25) is 0 Å². The summed E-state index contributed by atoms with van der Waals surface area (Å²) < 4.78 is 0. The zero-order valence-electron chi connectivity index (χ0n) is 9.38. The standard InChI is InChI=1S/C11H13N.C2H6/c1-9-11-6-4-3-5-10(11)7-8-12(9)2;1-2/h5-8H,1,3-4H2,2H3;1-2H3. The zero-order valence-corrected chi connectivity index (χ0v) is 9.38. The van der Waals surface area contributed by atoms with Crippen molar-refractivity contribution in [3.63, 3.8) is 0 Å². The van der Waals surface area contributed by atoms with Crippen molar-refractivity contribution in [2.75, 3.05) is 7.05 Å². The second kappa shape index (κ2) is 4.85. The lowest BCUT2D eigenvalue weighted by Gasteiger charge is -2.27. The highest BCUT2D eigenvalue weighted by atomic mass is 15.1. The van der Waals surface area contributed by atoms with Gasteiger partial charge in [0.05, 0.1) is 0 Å². The third kappa shape index (κ3) is 1.98. The van der Waals surface area contributed by atoms with Gasteiger partial charge in [0, 0.05) is 24.5 Å². The van der Waals surface area contributed by atoms with Crippen molar-refractivity contribution in [1.29, 1.82) is 0 Å². The highest BCUT2D eigenvalue weighted by Gasteiger charge is 2.15. The zero-order chi connectivity index (χ0) is 10.6. The molecular weight excluding hydrogens is 170 g/mol. The maximum Gasteiger partial charge on any atom is 0.0406 e. The van der Waals surface area contributed by atoms with Gasteiger partial charge in [0.1, 0.15) is 0 Å². The summed E-state index contributed by atoms with van der Waals surface area (Å²) in [5.41, 5.74) is 3.76. The second-order valence-corrected chi connectivity index (χ2v) is 3.23. The maximum absolute atomic E-state index is 4.05. The molecule has 0 saturated carbocycles. The maximum atomic E-state index is 4.05. The molecule has 2 rings (SSSR count). The van der Waals surface area contributed by atoms with Crippen molar-refractivity contribution in [3.8, 4) is 0 Å². The van der Waals surface area contributed by atoms with Crippen LogP contribution in [0.2, 0.25) is 0 Å². The van der Waals surface area contributed by atoms with E-state index >= 15 is 0 Å². The summed E-state index contributed by atoms with van der Waals surface area (Å²) in [6.07, 6.45) is 11.1. The van der Waals surface area contributed by atoms with Crippen LogP contribution in [0.3, 0.4) is 0 Å². The molecule has 76 valence electrons. The normalized spacial score (nSPS) is 19.1. The summed E-state index contributed by atoms with van der Waals surface area (Å²) in [4.78, 5) is 2.06. The lowest BCUT2D eigenvalue weighted by Crippen LogP contribution is -2.16. The van der Waals surface area contributed by atoms with Gasteiger partial charge in [-0.3, -0.25) is 0 Å². The molecule has 0 unspecified atom stereocenters. The van der Waals surface area contributed by atoms with E-state index in [1.165, 1.54) is 17.6 Å². The molecule has 1 heteroatoms. The molecule has 0 aromatic rings. The number of fused-ring (bicyclic) bond motifs is 1. The first-order valence-electron chi connectivity index (χ1n) is 5.30. The van der Waals surface area contributed by atoms with Gasteiger partial charge in [0.25, 0.3) is 0 Å². The molecule has 1 nitrogen and oxygen atoms in total. The van der Waals surface area contributed by atoms with Crippen molar-refractivity contribution < 1.29 is 0 Å². The van der Waals surface area contributed by atoms with E-state index in [1.807, 2.05) is 20.9 Å². The fourth-order valence-electron chi connectivity index (χ4n) is 1.61. The number of hydrogen-bond donors (Lipinski definition) is 0. The summed E-state index contributed by atoms with van der Waals surface area (Å²) >= 11 is 0. The molecule has 0 N–H and O–H groups in total. The van der Waals surface area contributed by atoms with E-state index in [2.05, 4.69) is 35.9 Å². The van der Waals surface area contributed by atoms with E-state index in [4.69, 9.17) is 0 Å². The molecule has 0 atom stereocenters. The molecule has 1 aliphatic carbocycles. The number of allylic oxidation sites excluding steroid dienone is 4. The molecule has 0 spiro atoms. The van der Waals surface area contributed by atoms with Crippen molar-refractivity contribution >= 4 is 0 Å². The van der Waals surface area contributed by atoms with E-state index in [-0.39, 0.29) is 0 Å². The van der Waals surface area contributed by atoms with Crippen LogP contribution in [0, 0.1) is 0 Å². The Morgan fingerprint density at radius 3 is 2.57 bits per heavy atom. The summed E-state index contributed by atoms with van der Waals surface area (Å²) in [6.45, 7) is 8.05. The predicted molar refractivity (Wildman–Crippen MR) is 62.8 cm³/mol. The minimum Gasteiger partial charge on any atom is -0.351 e. The van der Waals surface area contributed by atoms with Gasteiger partial charge in [-0.1, -0.05) is 32.6 Å². The fourth-order valence-corrected chi connectivity index (χ4v) is 1.61. The topological polar surface area (TPSA) is 3.24 Å². The molecule has 1 heterocycles. The minimum absolute atomic E-state index is 1.11. The van der Waals surface area contributed by atoms with Crippen LogP contribution in [0.1, 0.15) is 26.7 Å². The molecule has 0 saturated heterocycles. The Bertz CT molecular complexity index is 305. The molecule has 1 aliphatic heterocycles. The van der Waals surface area contributed by atoms with Crippen molar-refractivity contribution in [1.82, 2.24) is 4.90 Å². The second-order valence-electron chi connectivity index (χ2n) is 3.23. The van der Waals surface area contributed by atoms with Gasteiger partial charge < -0.3 is 4.90 Å². The van der Waals surface area contributed by atoms with Gasteiger partial charge in [-0.15, -0.1) is 0 Å². The van der Waals surface area contributed by atoms with Crippen molar-refractivity contribution in [3.05, 3.63) is 47.9 Å². The Kier molecular flexibility index (Phi) is 3.75. The van der Waals surface area contributed by atoms with Crippen LogP contribution in [0.4, 0.5) is 0 Å². The highest BCUT2D eigenvalue weighted by Crippen LogP contribution is 2.30. The largest absolute Gasteiger partial charge is 0.351 e. The SMILES string of the molecule is C=C1C2=CCCC=C2C=CN1C.CC. The molecule has 14 heavy (non-hydrogen) atoms. The number of rotatable bonds is 0. The summed E-state index contributed by atoms with van der Waals surface area (Å²) in [6, 6.07) is 0. The first-order valence-corrected chi connectivity index (χ1v) is 5.30. The van der Waals surface area contributed by atoms with E-state index in [1.54, 1.807) is 0 Å². The lowest BCUT2D eigenvalue weighted by molar-refractivity contribution is 0.572. The molecule has 0 aromatic carbocycles. The Morgan fingerprint density at radius 1 is 1.21 bits per heavy atom. The number of hydrogen-bond acceptors (Lipinski definition) is 1. The molecule has 0 radical (unpaired) electrons. The third-order valence-corrected chi connectivity index (χ3v) is 2.40. The van der Waals surface area contributed by atoms with Gasteiger partial charge in [-0.05, 0) is 24.5 Å². The fraction of sp³-hybridized carbons (Fsp3) is 0.385.